The normalized spacial score (nSPS) is 14.6. The fraction of sp³-hybridized carbons (Fsp3) is 0.300. The van der Waals surface area contributed by atoms with E-state index in [9.17, 15) is 34.5 Å². The van der Waals surface area contributed by atoms with Crippen LogP contribution in [0.3, 0.4) is 0 Å². The molecule has 0 fully saturated rings. The number of aromatic amines is 2. The number of amides is 3. The quantitative estimate of drug-likeness (QED) is 0.0929. The van der Waals surface area contributed by atoms with Crippen LogP contribution in [-0.4, -0.2) is 84.2 Å². The minimum Gasteiger partial charge on any atom is -0.508 e. The average Bonchev–Trinajstić information content (AvgIpc) is 3.66. The van der Waals surface area contributed by atoms with Crippen molar-refractivity contribution in [3.63, 3.8) is 0 Å². The van der Waals surface area contributed by atoms with E-state index >= 15 is 0 Å². The molecule has 0 bridgehead atoms. The Kier molecular flexibility index (Phi) is 10.3. The van der Waals surface area contributed by atoms with Crippen LogP contribution in [0.25, 0.3) is 10.9 Å². The molecule has 0 saturated heterocycles. The van der Waals surface area contributed by atoms with E-state index in [0.29, 0.717) is 16.8 Å². The zero-order valence-electron chi connectivity index (χ0n) is 23.9. The number of imidazole rings is 1. The van der Waals surface area contributed by atoms with Gasteiger partial charge in [0.05, 0.1) is 18.5 Å². The van der Waals surface area contributed by atoms with E-state index in [1.165, 1.54) is 31.6 Å². The van der Waals surface area contributed by atoms with Gasteiger partial charge >= 0.3 is 5.97 Å². The van der Waals surface area contributed by atoms with Crippen LogP contribution in [0.4, 0.5) is 0 Å². The summed E-state index contributed by atoms with van der Waals surface area (Å²) in [5, 5.41) is 38.2. The second kappa shape index (κ2) is 14.3. The molecule has 2 heterocycles. The number of nitrogens with two attached hydrogens (primary N) is 1. The Bertz CT molecular complexity index is 1580. The number of carboxylic acids is 1. The molecule has 0 saturated carbocycles. The summed E-state index contributed by atoms with van der Waals surface area (Å²) in [5.41, 5.74) is 8.71. The van der Waals surface area contributed by atoms with E-state index < -0.39 is 54.0 Å². The predicted octanol–water partition coefficient (Wildman–Crippen LogP) is -0.128. The Hall–Kier alpha value is -5.21. The fourth-order valence-electron chi connectivity index (χ4n) is 4.72. The molecule has 44 heavy (non-hydrogen) atoms. The number of nitrogens with zero attached hydrogens (tertiary/aromatic N) is 1. The van der Waals surface area contributed by atoms with Crippen molar-refractivity contribution in [2.45, 2.75) is 56.5 Å². The number of carbonyl (C=O) groups excluding carboxylic acids is 3. The number of para-hydroxylation sites is 1. The van der Waals surface area contributed by atoms with Gasteiger partial charge in [-0.3, -0.25) is 14.4 Å². The van der Waals surface area contributed by atoms with Crippen LogP contribution in [0.15, 0.2) is 67.3 Å². The van der Waals surface area contributed by atoms with Crippen LogP contribution in [0.2, 0.25) is 0 Å². The van der Waals surface area contributed by atoms with E-state index in [2.05, 4.69) is 30.9 Å². The average molecular weight is 606 g/mol. The molecule has 4 rings (SSSR count). The van der Waals surface area contributed by atoms with Gasteiger partial charge in [-0.25, -0.2) is 9.78 Å². The number of nitrogens with one attached hydrogen (secondary N) is 5. The first-order valence-corrected chi connectivity index (χ1v) is 13.9. The Morgan fingerprint density at radius 3 is 2.25 bits per heavy atom. The lowest BCUT2D eigenvalue weighted by Crippen LogP contribution is -2.60. The minimum absolute atomic E-state index is 0.00632. The Morgan fingerprint density at radius 1 is 0.886 bits per heavy atom. The highest BCUT2D eigenvalue weighted by atomic mass is 16.4. The zero-order chi connectivity index (χ0) is 31.8. The van der Waals surface area contributed by atoms with Crippen LogP contribution in [0.5, 0.6) is 5.75 Å². The number of phenols is 1. The number of aliphatic carboxylic acids is 1. The van der Waals surface area contributed by atoms with Crippen molar-refractivity contribution in [2.24, 2.45) is 5.73 Å². The molecule has 3 amide bonds. The molecule has 4 aromatic rings. The van der Waals surface area contributed by atoms with Crippen LogP contribution < -0.4 is 21.7 Å². The molecular weight excluding hydrogens is 570 g/mol. The topological polar surface area (TPSA) is 236 Å². The van der Waals surface area contributed by atoms with Crippen LogP contribution in [0, 0.1) is 0 Å². The summed E-state index contributed by atoms with van der Waals surface area (Å²) in [5.74, 6) is -3.69. The molecule has 5 atom stereocenters. The third kappa shape index (κ3) is 8.20. The number of fused-ring (bicyclic) bond motifs is 1. The number of aliphatic hydroxyl groups is 1. The van der Waals surface area contributed by atoms with Crippen LogP contribution in [0.1, 0.15) is 23.7 Å². The number of carboxylic acid groups (broad SMARTS) is 1. The van der Waals surface area contributed by atoms with E-state index in [1.807, 2.05) is 24.3 Å². The first kappa shape index (κ1) is 31.7. The van der Waals surface area contributed by atoms with Crippen molar-refractivity contribution in [1.82, 2.24) is 30.9 Å². The van der Waals surface area contributed by atoms with Gasteiger partial charge in [0, 0.05) is 48.3 Å². The second-order valence-electron chi connectivity index (χ2n) is 10.5. The van der Waals surface area contributed by atoms with Gasteiger partial charge in [0.1, 0.15) is 23.9 Å². The number of aliphatic hydroxyl groups excluding tert-OH is 1. The number of H-pyrrole nitrogens is 2. The van der Waals surface area contributed by atoms with E-state index in [4.69, 9.17) is 5.73 Å². The lowest BCUT2D eigenvalue weighted by Gasteiger charge is -2.26. The summed E-state index contributed by atoms with van der Waals surface area (Å²) in [6.07, 6.45) is 3.22. The number of aromatic hydroxyl groups is 1. The van der Waals surface area contributed by atoms with Crippen molar-refractivity contribution in [3.8, 4) is 5.75 Å². The number of aromatic nitrogens is 3. The van der Waals surface area contributed by atoms with E-state index in [-0.39, 0.29) is 25.0 Å². The van der Waals surface area contributed by atoms with Gasteiger partial charge in [-0.2, -0.15) is 0 Å². The summed E-state index contributed by atoms with van der Waals surface area (Å²) >= 11 is 0. The highest BCUT2D eigenvalue weighted by Crippen LogP contribution is 2.19. The molecular formula is C30H35N7O7. The molecule has 0 aliphatic rings. The fourth-order valence-corrected chi connectivity index (χ4v) is 4.72. The SMILES string of the molecule is CC(O)C(NC(=O)C(Cc1ccc(O)cc1)NC(=O)C(N)Cc1cnc[nH]1)C(=O)NC(Cc1c[nH]c2ccccc12)C(=O)O. The highest BCUT2D eigenvalue weighted by molar-refractivity contribution is 5.95. The van der Waals surface area contributed by atoms with Gasteiger partial charge < -0.3 is 47.0 Å². The maximum atomic E-state index is 13.5. The van der Waals surface area contributed by atoms with Crippen molar-refractivity contribution in [3.05, 3.63) is 84.1 Å². The molecule has 0 aliphatic carbocycles. The zero-order valence-corrected chi connectivity index (χ0v) is 23.9. The summed E-state index contributed by atoms with van der Waals surface area (Å²) in [4.78, 5) is 61.6. The number of rotatable bonds is 14. The molecule has 14 nitrogen and oxygen atoms in total. The van der Waals surface area contributed by atoms with Gasteiger partial charge in [0.2, 0.25) is 17.7 Å². The molecule has 0 aliphatic heterocycles. The van der Waals surface area contributed by atoms with Crippen molar-refractivity contribution in [1.29, 1.82) is 0 Å². The number of hydrogen-bond acceptors (Lipinski definition) is 8. The van der Waals surface area contributed by atoms with E-state index in [1.54, 1.807) is 18.3 Å². The lowest BCUT2D eigenvalue weighted by molar-refractivity contribution is -0.143. The lowest BCUT2D eigenvalue weighted by atomic mass is 10.0. The Labute approximate surface area is 252 Å². The smallest absolute Gasteiger partial charge is 0.326 e. The monoisotopic (exact) mass is 605 g/mol. The number of phenolic OH excluding ortho intramolecular Hbond substituents is 1. The van der Waals surface area contributed by atoms with Gasteiger partial charge in [0.25, 0.3) is 0 Å². The predicted molar refractivity (Wildman–Crippen MR) is 159 cm³/mol. The summed E-state index contributed by atoms with van der Waals surface area (Å²) in [6.45, 7) is 1.27. The molecule has 0 radical (unpaired) electrons. The standard InChI is InChI=1S/C30H35N7O7/c1-16(38)26(29(42)36-25(30(43)44)11-18-13-33-23-5-3-2-4-21(18)23)37-28(41)24(10-17-6-8-20(39)9-7-17)35-27(40)22(31)12-19-14-32-15-34-19/h2-9,13-16,22,24-26,33,38-39H,10-12,31H2,1H3,(H,32,34)(H,35,40)(H,36,42)(H,37,41)(H,43,44). The molecule has 14 heteroatoms. The van der Waals surface area contributed by atoms with Gasteiger partial charge in [-0.1, -0.05) is 30.3 Å². The Balaban J connectivity index is 1.48. The number of carbonyl (C=O) groups is 4. The highest BCUT2D eigenvalue weighted by Gasteiger charge is 2.33. The van der Waals surface area contributed by atoms with Crippen molar-refractivity contribution >= 4 is 34.6 Å². The van der Waals surface area contributed by atoms with E-state index in [0.717, 1.165) is 10.9 Å². The summed E-state index contributed by atoms with van der Waals surface area (Å²) < 4.78 is 0. The minimum atomic E-state index is -1.55. The first-order chi connectivity index (χ1) is 21.0. The van der Waals surface area contributed by atoms with Gasteiger partial charge in [0.15, 0.2) is 0 Å². The summed E-state index contributed by atoms with van der Waals surface area (Å²) in [7, 11) is 0. The molecule has 2 aromatic carbocycles. The number of hydrogen-bond donors (Lipinski definition) is 9. The van der Waals surface area contributed by atoms with Crippen LogP contribution in [-0.2, 0) is 38.4 Å². The molecule has 10 N–H and O–H groups in total. The second-order valence-corrected chi connectivity index (χ2v) is 10.5. The summed E-state index contributed by atoms with van der Waals surface area (Å²) in [6, 6.07) is 8.07. The molecule has 5 unspecified atom stereocenters. The van der Waals surface area contributed by atoms with Crippen molar-refractivity contribution in [2.75, 3.05) is 0 Å². The number of benzene rings is 2. The molecule has 232 valence electrons. The van der Waals surface area contributed by atoms with Gasteiger partial charge in [-0.15, -0.1) is 0 Å². The molecule has 2 aromatic heterocycles. The maximum Gasteiger partial charge on any atom is 0.326 e. The third-order valence-corrected chi connectivity index (χ3v) is 7.12. The molecule has 0 spiro atoms. The largest absolute Gasteiger partial charge is 0.508 e. The third-order valence-electron chi connectivity index (χ3n) is 7.12. The van der Waals surface area contributed by atoms with Crippen molar-refractivity contribution < 1.29 is 34.5 Å². The maximum absolute atomic E-state index is 13.5. The Morgan fingerprint density at radius 2 is 1.59 bits per heavy atom. The van der Waals surface area contributed by atoms with Gasteiger partial charge in [-0.05, 0) is 36.2 Å². The first-order valence-electron chi connectivity index (χ1n) is 13.9. The van der Waals surface area contributed by atoms with Crippen LogP contribution >= 0.6 is 0 Å².